The molecule has 1 saturated heterocycles. The second kappa shape index (κ2) is 4.42. The topological polar surface area (TPSA) is 15.3 Å². The molecule has 0 aliphatic carbocycles. The highest BCUT2D eigenvalue weighted by Crippen LogP contribution is 2.23. The quantitative estimate of drug-likeness (QED) is 0.811. The molecule has 13 heavy (non-hydrogen) atoms. The summed E-state index contributed by atoms with van der Waals surface area (Å²) in [4.78, 5) is 2.43. The van der Waals surface area contributed by atoms with Crippen LogP contribution in [0.15, 0.2) is 11.4 Å². The van der Waals surface area contributed by atoms with Gasteiger partial charge in [0.05, 0.1) is 4.34 Å². The zero-order valence-corrected chi connectivity index (χ0v) is 9.00. The van der Waals surface area contributed by atoms with Crippen LogP contribution in [0.2, 0.25) is 4.34 Å². The van der Waals surface area contributed by atoms with Crippen molar-refractivity contribution in [3.05, 3.63) is 21.3 Å². The summed E-state index contributed by atoms with van der Waals surface area (Å²) < 4.78 is 0.943. The van der Waals surface area contributed by atoms with Gasteiger partial charge in [-0.2, -0.15) is 0 Å². The van der Waals surface area contributed by atoms with E-state index in [4.69, 9.17) is 11.6 Å². The minimum absolute atomic E-state index is 0.943. The van der Waals surface area contributed by atoms with Gasteiger partial charge in [0.25, 0.3) is 0 Å². The lowest BCUT2D eigenvalue weighted by Gasteiger charge is -2.26. The number of thiophene rings is 1. The van der Waals surface area contributed by atoms with Gasteiger partial charge in [-0.15, -0.1) is 11.3 Å². The smallest absolute Gasteiger partial charge is 0.0973 e. The average Bonchev–Trinajstić information content (AvgIpc) is 2.54. The molecule has 0 bridgehead atoms. The Bertz CT molecular complexity index is 268. The molecule has 1 aliphatic rings. The van der Waals surface area contributed by atoms with Crippen molar-refractivity contribution in [2.45, 2.75) is 6.54 Å². The van der Waals surface area contributed by atoms with E-state index in [1.54, 1.807) is 11.3 Å². The third-order valence-corrected chi connectivity index (χ3v) is 3.55. The van der Waals surface area contributed by atoms with Gasteiger partial charge >= 0.3 is 0 Å². The zero-order valence-electron chi connectivity index (χ0n) is 7.42. The fourth-order valence-electron chi connectivity index (χ4n) is 1.54. The number of halogens is 1. The van der Waals surface area contributed by atoms with E-state index in [1.807, 2.05) is 0 Å². The number of piperazine rings is 1. The lowest BCUT2D eigenvalue weighted by Crippen LogP contribution is -2.42. The fourth-order valence-corrected chi connectivity index (χ4v) is 2.45. The van der Waals surface area contributed by atoms with Crippen LogP contribution in [0.1, 0.15) is 5.56 Å². The van der Waals surface area contributed by atoms with Crippen molar-refractivity contribution in [3.8, 4) is 0 Å². The first-order valence-electron chi connectivity index (χ1n) is 4.51. The van der Waals surface area contributed by atoms with Crippen LogP contribution in [0.5, 0.6) is 0 Å². The predicted octanol–water partition coefficient (Wildman–Crippen LogP) is 1.81. The Hall–Kier alpha value is -0.0900. The van der Waals surface area contributed by atoms with Crippen molar-refractivity contribution < 1.29 is 0 Å². The van der Waals surface area contributed by atoms with E-state index in [9.17, 15) is 0 Å². The van der Waals surface area contributed by atoms with Crippen molar-refractivity contribution >= 4 is 22.9 Å². The van der Waals surface area contributed by atoms with E-state index < -0.39 is 0 Å². The molecule has 0 amide bonds. The molecule has 0 spiro atoms. The zero-order chi connectivity index (χ0) is 9.10. The second-order valence-electron chi connectivity index (χ2n) is 3.25. The van der Waals surface area contributed by atoms with E-state index in [1.165, 1.54) is 5.56 Å². The Balaban J connectivity index is 1.93. The molecule has 1 aromatic rings. The highest BCUT2D eigenvalue weighted by molar-refractivity contribution is 7.14. The molecule has 2 rings (SSSR count). The molecule has 2 heterocycles. The van der Waals surface area contributed by atoms with Gasteiger partial charge in [-0.05, 0) is 17.0 Å². The third kappa shape index (κ3) is 2.44. The minimum atomic E-state index is 0.943. The van der Waals surface area contributed by atoms with Crippen LogP contribution < -0.4 is 5.32 Å². The van der Waals surface area contributed by atoms with Gasteiger partial charge in [0, 0.05) is 32.7 Å². The molecular weight excluding hydrogens is 204 g/mol. The second-order valence-corrected chi connectivity index (χ2v) is 4.76. The monoisotopic (exact) mass is 216 g/mol. The summed E-state index contributed by atoms with van der Waals surface area (Å²) in [5.41, 5.74) is 1.27. The summed E-state index contributed by atoms with van der Waals surface area (Å²) in [6.07, 6.45) is 0. The van der Waals surface area contributed by atoms with Crippen LogP contribution in [-0.2, 0) is 6.54 Å². The fraction of sp³-hybridized carbons (Fsp3) is 0.556. The van der Waals surface area contributed by atoms with Crippen molar-refractivity contribution in [2.24, 2.45) is 0 Å². The highest BCUT2D eigenvalue weighted by atomic mass is 35.5. The summed E-state index contributed by atoms with van der Waals surface area (Å²) >= 11 is 7.65. The molecule has 72 valence electrons. The Labute approximate surface area is 87.5 Å². The van der Waals surface area contributed by atoms with Crippen LogP contribution in [-0.4, -0.2) is 31.1 Å². The van der Waals surface area contributed by atoms with Crippen molar-refractivity contribution in [2.75, 3.05) is 26.2 Å². The van der Waals surface area contributed by atoms with Crippen molar-refractivity contribution in [1.82, 2.24) is 10.2 Å². The maximum Gasteiger partial charge on any atom is 0.0973 e. The standard InChI is InChI=1S/C9H13ClN2S/c10-9-8(1-6-13-9)7-12-4-2-11-3-5-12/h1,6,11H,2-5,7H2. The molecule has 4 heteroatoms. The summed E-state index contributed by atoms with van der Waals surface area (Å²) in [5.74, 6) is 0. The SMILES string of the molecule is Clc1sccc1CN1CCNCC1. The van der Waals surface area contributed by atoms with Gasteiger partial charge in [0.15, 0.2) is 0 Å². The number of nitrogens with one attached hydrogen (secondary N) is 1. The molecule has 0 saturated carbocycles. The number of rotatable bonds is 2. The Morgan fingerprint density at radius 3 is 2.85 bits per heavy atom. The lowest BCUT2D eigenvalue weighted by molar-refractivity contribution is 0.233. The van der Waals surface area contributed by atoms with Gasteiger partial charge in [-0.25, -0.2) is 0 Å². The number of nitrogens with zero attached hydrogens (tertiary/aromatic N) is 1. The summed E-state index contributed by atoms with van der Waals surface area (Å²) in [6, 6.07) is 2.12. The van der Waals surface area contributed by atoms with Crippen LogP contribution in [0.4, 0.5) is 0 Å². The van der Waals surface area contributed by atoms with Gasteiger partial charge in [0.2, 0.25) is 0 Å². The van der Waals surface area contributed by atoms with Crippen LogP contribution in [0.3, 0.4) is 0 Å². The molecule has 2 nitrogen and oxygen atoms in total. The lowest BCUT2D eigenvalue weighted by atomic mass is 10.3. The number of hydrogen-bond donors (Lipinski definition) is 1. The first kappa shape index (κ1) is 9.46. The van der Waals surface area contributed by atoms with Crippen molar-refractivity contribution in [3.63, 3.8) is 0 Å². The van der Waals surface area contributed by atoms with E-state index in [2.05, 4.69) is 21.7 Å². The van der Waals surface area contributed by atoms with E-state index in [-0.39, 0.29) is 0 Å². The van der Waals surface area contributed by atoms with Crippen LogP contribution in [0.25, 0.3) is 0 Å². The van der Waals surface area contributed by atoms with E-state index >= 15 is 0 Å². The molecule has 0 radical (unpaired) electrons. The normalized spacial score (nSPS) is 19.2. The average molecular weight is 217 g/mol. The molecule has 0 aromatic carbocycles. The molecule has 1 aromatic heterocycles. The molecular formula is C9H13ClN2S. The summed E-state index contributed by atoms with van der Waals surface area (Å²) in [5, 5.41) is 5.39. The summed E-state index contributed by atoms with van der Waals surface area (Å²) in [6.45, 7) is 5.46. The van der Waals surface area contributed by atoms with Gasteiger partial charge in [-0.3, -0.25) is 4.90 Å². The first-order chi connectivity index (χ1) is 6.36. The van der Waals surface area contributed by atoms with Gasteiger partial charge in [-0.1, -0.05) is 11.6 Å². The predicted molar refractivity (Wildman–Crippen MR) is 57.5 cm³/mol. The Morgan fingerprint density at radius 2 is 2.23 bits per heavy atom. The third-order valence-electron chi connectivity index (χ3n) is 2.30. The molecule has 1 aliphatic heterocycles. The Morgan fingerprint density at radius 1 is 1.46 bits per heavy atom. The largest absolute Gasteiger partial charge is 0.314 e. The Kier molecular flexibility index (Phi) is 3.22. The molecule has 0 unspecified atom stereocenters. The maximum atomic E-state index is 6.04. The van der Waals surface area contributed by atoms with Crippen LogP contribution in [0, 0.1) is 0 Å². The molecule has 0 atom stereocenters. The highest BCUT2D eigenvalue weighted by Gasteiger charge is 2.11. The maximum absolute atomic E-state index is 6.04. The van der Waals surface area contributed by atoms with Crippen LogP contribution >= 0.6 is 22.9 Å². The summed E-state index contributed by atoms with van der Waals surface area (Å²) in [7, 11) is 0. The van der Waals surface area contributed by atoms with Gasteiger partial charge in [0.1, 0.15) is 0 Å². The minimum Gasteiger partial charge on any atom is -0.314 e. The first-order valence-corrected chi connectivity index (χ1v) is 5.77. The van der Waals surface area contributed by atoms with Gasteiger partial charge < -0.3 is 5.32 Å². The molecule has 1 N–H and O–H groups in total. The van der Waals surface area contributed by atoms with Crippen molar-refractivity contribution in [1.29, 1.82) is 0 Å². The van der Waals surface area contributed by atoms with E-state index in [0.717, 1.165) is 37.1 Å². The van der Waals surface area contributed by atoms with E-state index in [0.29, 0.717) is 0 Å². The number of hydrogen-bond acceptors (Lipinski definition) is 3. The molecule has 1 fully saturated rings.